The third-order valence-electron chi connectivity index (χ3n) is 3.42. The van der Waals surface area contributed by atoms with Gasteiger partial charge in [0.15, 0.2) is 0 Å². The van der Waals surface area contributed by atoms with Crippen LogP contribution in [0, 0.1) is 0 Å². The summed E-state index contributed by atoms with van der Waals surface area (Å²) in [5, 5.41) is 0.724. The lowest BCUT2D eigenvalue weighted by Crippen LogP contribution is -2.26. The predicted molar refractivity (Wildman–Crippen MR) is 96.3 cm³/mol. The summed E-state index contributed by atoms with van der Waals surface area (Å²) in [7, 11) is 3.46. The fourth-order valence-electron chi connectivity index (χ4n) is 2.16. The van der Waals surface area contributed by atoms with Gasteiger partial charge in [-0.05, 0) is 30.3 Å². The molecule has 23 heavy (non-hydrogen) atoms. The van der Waals surface area contributed by atoms with Gasteiger partial charge in [-0.25, -0.2) is 0 Å². The van der Waals surface area contributed by atoms with Gasteiger partial charge in [0, 0.05) is 41.2 Å². The lowest BCUT2D eigenvalue weighted by Gasteiger charge is -2.18. The van der Waals surface area contributed by atoms with E-state index < -0.39 is 0 Å². The third-order valence-corrected chi connectivity index (χ3v) is 4.69. The first-order valence-electron chi connectivity index (χ1n) is 7.34. The molecule has 122 valence electrons. The van der Waals surface area contributed by atoms with Gasteiger partial charge >= 0.3 is 0 Å². The molecule has 0 unspecified atom stereocenters. The first kappa shape index (κ1) is 17.7. The van der Waals surface area contributed by atoms with Crippen LogP contribution in [0.5, 0.6) is 5.75 Å². The molecule has 0 saturated carbocycles. The number of rotatable bonds is 7. The number of halogens is 1. The zero-order valence-corrected chi connectivity index (χ0v) is 14.9. The van der Waals surface area contributed by atoms with Crippen LogP contribution in [0.2, 0.25) is 5.02 Å². The molecule has 0 aliphatic carbocycles. The molecule has 2 aromatic carbocycles. The molecule has 2 aromatic rings. The molecule has 0 N–H and O–H groups in total. The number of carbonyl (C=O) groups is 1. The van der Waals surface area contributed by atoms with Crippen LogP contribution in [0.15, 0.2) is 53.4 Å². The van der Waals surface area contributed by atoms with E-state index in [1.54, 1.807) is 23.8 Å². The predicted octanol–water partition coefficient (Wildman–Crippen LogP) is 4.49. The molecule has 0 aliphatic rings. The monoisotopic (exact) mass is 349 g/mol. The molecule has 2 rings (SSSR count). The van der Waals surface area contributed by atoms with E-state index in [4.69, 9.17) is 16.3 Å². The van der Waals surface area contributed by atoms with Crippen LogP contribution in [-0.4, -0.2) is 30.7 Å². The normalized spacial score (nSPS) is 10.4. The first-order valence-corrected chi connectivity index (χ1v) is 8.70. The molecule has 3 nitrogen and oxygen atoms in total. The Kier molecular flexibility index (Phi) is 6.81. The summed E-state index contributed by atoms with van der Waals surface area (Å²) < 4.78 is 5.32. The maximum Gasteiger partial charge on any atom is 0.223 e. The van der Waals surface area contributed by atoms with Gasteiger partial charge in [-0.15, -0.1) is 11.8 Å². The maximum atomic E-state index is 12.2. The molecule has 5 heteroatoms. The molecule has 0 fully saturated rings. The number of para-hydroxylation sites is 1. The van der Waals surface area contributed by atoms with Gasteiger partial charge in [-0.2, -0.15) is 0 Å². The number of thioether (sulfide) groups is 1. The van der Waals surface area contributed by atoms with Crippen molar-refractivity contribution in [1.29, 1.82) is 0 Å². The topological polar surface area (TPSA) is 29.5 Å². The van der Waals surface area contributed by atoms with Crippen molar-refractivity contribution in [1.82, 2.24) is 4.90 Å². The molecule has 1 amide bonds. The molecule has 0 aromatic heterocycles. The Labute approximate surface area is 146 Å². The number of hydrogen-bond acceptors (Lipinski definition) is 3. The van der Waals surface area contributed by atoms with E-state index in [9.17, 15) is 4.79 Å². The Morgan fingerprint density at radius 3 is 2.57 bits per heavy atom. The van der Waals surface area contributed by atoms with E-state index >= 15 is 0 Å². The fraction of sp³-hybridized carbons (Fsp3) is 0.278. The van der Waals surface area contributed by atoms with E-state index in [1.807, 2.05) is 55.6 Å². The van der Waals surface area contributed by atoms with E-state index in [2.05, 4.69) is 0 Å². The van der Waals surface area contributed by atoms with Crippen LogP contribution in [-0.2, 0) is 11.3 Å². The van der Waals surface area contributed by atoms with Crippen molar-refractivity contribution in [2.75, 3.05) is 19.9 Å². The Hall–Kier alpha value is -1.65. The number of benzene rings is 2. The number of nitrogens with zero attached hydrogens (tertiary/aromatic N) is 1. The van der Waals surface area contributed by atoms with Crippen molar-refractivity contribution in [2.24, 2.45) is 0 Å². The molecule has 0 saturated heterocycles. The van der Waals surface area contributed by atoms with E-state index in [0.717, 1.165) is 27.0 Å². The number of carbonyl (C=O) groups excluding carboxylic acids is 1. The highest BCUT2D eigenvalue weighted by Crippen LogP contribution is 2.22. The molecule has 0 bridgehead atoms. The summed E-state index contributed by atoms with van der Waals surface area (Å²) in [5.41, 5.74) is 1.01. The summed E-state index contributed by atoms with van der Waals surface area (Å²) >= 11 is 7.52. The number of hydrogen-bond donors (Lipinski definition) is 0. The summed E-state index contributed by atoms with van der Waals surface area (Å²) in [6, 6.07) is 15.4. The van der Waals surface area contributed by atoms with Gasteiger partial charge < -0.3 is 9.64 Å². The Balaban J connectivity index is 1.81. The minimum Gasteiger partial charge on any atom is -0.496 e. The standard InChI is InChI=1S/C18H20ClNO2S/c1-20(13-14-5-3-4-6-17(14)22-2)18(21)11-12-23-16-9-7-15(19)8-10-16/h3-10H,11-13H2,1-2H3. The zero-order chi connectivity index (χ0) is 16.7. The van der Waals surface area contributed by atoms with E-state index in [-0.39, 0.29) is 5.91 Å². The van der Waals surface area contributed by atoms with Gasteiger partial charge in [0.25, 0.3) is 0 Å². The summed E-state index contributed by atoms with van der Waals surface area (Å²) in [4.78, 5) is 15.1. The van der Waals surface area contributed by atoms with E-state index in [0.29, 0.717) is 13.0 Å². The summed E-state index contributed by atoms with van der Waals surface area (Å²) in [5.74, 6) is 1.68. The number of ether oxygens (including phenoxy) is 1. The Morgan fingerprint density at radius 1 is 1.17 bits per heavy atom. The van der Waals surface area contributed by atoms with Crippen molar-refractivity contribution in [3.05, 3.63) is 59.1 Å². The summed E-state index contributed by atoms with van der Waals surface area (Å²) in [6.45, 7) is 0.550. The second kappa shape index (κ2) is 8.85. The largest absolute Gasteiger partial charge is 0.496 e. The molecule has 0 radical (unpaired) electrons. The average Bonchev–Trinajstić information content (AvgIpc) is 2.57. The van der Waals surface area contributed by atoms with Crippen LogP contribution < -0.4 is 4.74 Å². The molecular formula is C18H20ClNO2S. The second-order valence-electron chi connectivity index (χ2n) is 5.11. The fourth-order valence-corrected chi connectivity index (χ4v) is 3.12. The Bertz CT molecular complexity index is 646. The molecule has 0 atom stereocenters. The van der Waals surface area contributed by atoms with Gasteiger partial charge in [-0.1, -0.05) is 29.8 Å². The van der Waals surface area contributed by atoms with Gasteiger partial charge in [-0.3, -0.25) is 4.79 Å². The Morgan fingerprint density at radius 2 is 1.87 bits per heavy atom. The van der Waals surface area contributed by atoms with Gasteiger partial charge in [0.2, 0.25) is 5.91 Å². The van der Waals surface area contributed by atoms with Crippen LogP contribution in [0.25, 0.3) is 0 Å². The first-order chi connectivity index (χ1) is 11.1. The average molecular weight is 350 g/mol. The zero-order valence-electron chi connectivity index (χ0n) is 13.3. The van der Waals surface area contributed by atoms with Crippen molar-refractivity contribution in [2.45, 2.75) is 17.9 Å². The molecule has 0 spiro atoms. The highest BCUT2D eigenvalue weighted by Gasteiger charge is 2.11. The second-order valence-corrected chi connectivity index (χ2v) is 6.72. The van der Waals surface area contributed by atoms with Crippen LogP contribution in [0.3, 0.4) is 0 Å². The molecular weight excluding hydrogens is 330 g/mol. The van der Waals surface area contributed by atoms with Crippen molar-refractivity contribution >= 4 is 29.3 Å². The minimum absolute atomic E-state index is 0.123. The molecule has 0 heterocycles. The number of amides is 1. The minimum atomic E-state index is 0.123. The highest BCUT2D eigenvalue weighted by molar-refractivity contribution is 7.99. The lowest BCUT2D eigenvalue weighted by atomic mass is 10.2. The van der Waals surface area contributed by atoms with Crippen LogP contribution in [0.4, 0.5) is 0 Å². The van der Waals surface area contributed by atoms with Gasteiger partial charge in [0.05, 0.1) is 7.11 Å². The molecule has 0 aliphatic heterocycles. The maximum absolute atomic E-state index is 12.2. The van der Waals surface area contributed by atoms with Crippen LogP contribution >= 0.6 is 23.4 Å². The highest BCUT2D eigenvalue weighted by atomic mass is 35.5. The lowest BCUT2D eigenvalue weighted by molar-refractivity contribution is -0.129. The van der Waals surface area contributed by atoms with Crippen molar-refractivity contribution in [3.8, 4) is 5.75 Å². The van der Waals surface area contributed by atoms with E-state index in [1.165, 1.54) is 0 Å². The van der Waals surface area contributed by atoms with Crippen LogP contribution in [0.1, 0.15) is 12.0 Å². The quantitative estimate of drug-likeness (QED) is 0.690. The van der Waals surface area contributed by atoms with Crippen molar-refractivity contribution < 1.29 is 9.53 Å². The SMILES string of the molecule is COc1ccccc1CN(C)C(=O)CCSc1ccc(Cl)cc1. The van der Waals surface area contributed by atoms with Gasteiger partial charge in [0.1, 0.15) is 5.75 Å². The number of methoxy groups -OCH3 is 1. The third kappa shape index (κ3) is 5.48. The smallest absolute Gasteiger partial charge is 0.223 e. The summed E-state index contributed by atoms with van der Waals surface area (Å²) in [6.07, 6.45) is 0.499. The van der Waals surface area contributed by atoms with Crippen molar-refractivity contribution in [3.63, 3.8) is 0 Å².